The SMILES string of the molecule is COC(=O)c1ccccc1CNC(=O)c1ccc(C2CCCC2)cc1. The molecule has 130 valence electrons. The molecule has 1 aliphatic rings. The Balaban J connectivity index is 1.64. The highest BCUT2D eigenvalue weighted by Crippen LogP contribution is 2.33. The Morgan fingerprint density at radius 2 is 1.72 bits per heavy atom. The van der Waals surface area contributed by atoms with Crippen LogP contribution in [-0.2, 0) is 11.3 Å². The average molecular weight is 337 g/mol. The van der Waals surface area contributed by atoms with Crippen molar-refractivity contribution >= 4 is 11.9 Å². The van der Waals surface area contributed by atoms with Gasteiger partial charge in [-0.3, -0.25) is 4.79 Å². The molecule has 0 unspecified atom stereocenters. The van der Waals surface area contributed by atoms with Crippen LogP contribution in [0.25, 0.3) is 0 Å². The molecule has 3 rings (SSSR count). The molecule has 25 heavy (non-hydrogen) atoms. The summed E-state index contributed by atoms with van der Waals surface area (Å²) in [6.07, 6.45) is 5.09. The van der Waals surface area contributed by atoms with Gasteiger partial charge < -0.3 is 10.1 Å². The number of carbonyl (C=O) groups excluding carboxylic acids is 2. The van der Waals surface area contributed by atoms with Crippen LogP contribution in [0, 0.1) is 0 Å². The highest BCUT2D eigenvalue weighted by molar-refractivity contribution is 5.95. The first-order chi connectivity index (χ1) is 12.2. The van der Waals surface area contributed by atoms with Crippen LogP contribution in [0.1, 0.15) is 63.4 Å². The van der Waals surface area contributed by atoms with E-state index in [0.29, 0.717) is 17.0 Å². The van der Waals surface area contributed by atoms with Gasteiger partial charge in [-0.25, -0.2) is 4.79 Å². The van der Waals surface area contributed by atoms with E-state index in [1.165, 1.54) is 38.4 Å². The van der Waals surface area contributed by atoms with E-state index in [2.05, 4.69) is 17.4 Å². The lowest BCUT2D eigenvalue weighted by Crippen LogP contribution is -2.24. The van der Waals surface area contributed by atoms with E-state index in [1.54, 1.807) is 12.1 Å². The number of esters is 1. The Kier molecular flexibility index (Phi) is 5.49. The lowest BCUT2D eigenvalue weighted by atomic mass is 9.96. The van der Waals surface area contributed by atoms with Gasteiger partial charge in [0.25, 0.3) is 5.91 Å². The predicted octanol–water partition coefficient (Wildman–Crippen LogP) is 4.06. The molecule has 1 N–H and O–H groups in total. The third-order valence-electron chi connectivity index (χ3n) is 4.86. The second kappa shape index (κ2) is 7.97. The molecule has 0 aromatic heterocycles. The third kappa shape index (κ3) is 4.08. The van der Waals surface area contributed by atoms with Crippen molar-refractivity contribution in [2.24, 2.45) is 0 Å². The fraction of sp³-hybridized carbons (Fsp3) is 0.333. The van der Waals surface area contributed by atoms with Crippen molar-refractivity contribution in [3.05, 3.63) is 70.8 Å². The van der Waals surface area contributed by atoms with E-state index in [4.69, 9.17) is 4.74 Å². The predicted molar refractivity (Wildman–Crippen MR) is 96.6 cm³/mol. The number of benzene rings is 2. The second-order valence-corrected chi connectivity index (χ2v) is 6.43. The van der Waals surface area contributed by atoms with Crippen molar-refractivity contribution in [1.82, 2.24) is 5.32 Å². The lowest BCUT2D eigenvalue weighted by Gasteiger charge is -2.11. The quantitative estimate of drug-likeness (QED) is 0.837. The highest BCUT2D eigenvalue weighted by atomic mass is 16.5. The minimum atomic E-state index is -0.397. The molecule has 1 fully saturated rings. The van der Waals surface area contributed by atoms with Crippen LogP contribution < -0.4 is 5.32 Å². The summed E-state index contributed by atoms with van der Waals surface area (Å²) in [6.45, 7) is 0.286. The molecule has 4 nitrogen and oxygen atoms in total. The van der Waals surface area contributed by atoms with Gasteiger partial charge in [0.2, 0.25) is 0 Å². The summed E-state index contributed by atoms with van der Waals surface area (Å²) in [5.41, 5.74) is 3.18. The lowest BCUT2D eigenvalue weighted by molar-refractivity contribution is 0.0598. The molecule has 0 heterocycles. The molecular formula is C21H23NO3. The van der Waals surface area contributed by atoms with Crippen molar-refractivity contribution in [3.63, 3.8) is 0 Å². The van der Waals surface area contributed by atoms with Crippen LogP contribution >= 0.6 is 0 Å². The smallest absolute Gasteiger partial charge is 0.338 e. The number of hydrogen-bond donors (Lipinski definition) is 1. The van der Waals surface area contributed by atoms with Gasteiger partial charge >= 0.3 is 5.97 Å². The van der Waals surface area contributed by atoms with E-state index in [1.807, 2.05) is 24.3 Å². The van der Waals surface area contributed by atoms with Crippen LogP contribution in [-0.4, -0.2) is 19.0 Å². The Morgan fingerprint density at radius 1 is 1.04 bits per heavy atom. The summed E-state index contributed by atoms with van der Waals surface area (Å²) in [4.78, 5) is 24.2. The van der Waals surface area contributed by atoms with E-state index in [0.717, 1.165) is 5.56 Å². The van der Waals surface area contributed by atoms with E-state index in [-0.39, 0.29) is 12.5 Å². The minimum absolute atomic E-state index is 0.141. The highest BCUT2D eigenvalue weighted by Gasteiger charge is 2.17. The number of carbonyl (C=O) groups is 2. The van der Waals surface area contributed by atoms with Crippen LogP contribution in [0.2, 0.25) is 0 Å². The number of rotatable bonds is 5. The molecule has 0 spiro atoms. The molecule has 1 saturated carbocycles. The zero-order chi connectivity index (χ0) is 17.6. The fourth-order valence-corrected chi connectivity index (χ4v) is 3.43. The molecule has 0 bridgehead atoms. The van der Waals surface area contributed by atoms with E-state index in [9.17, 15) is 9.59 Å². The van der Waals surface area contributed by atoms with Crippen LogP contribution in [0.4, 0.5) is 0 Å². The minimum Gasteiger partial charge on any atom is -0.465 e. The maximum absolute atomic E-state index is 12.4. The van der Waals surface area contributed by atoms with Crippen molar-refractivity contribution < 1.29 is 14.3 Å². The number of methoxy groups -OCH3 is 1. The molecule has 0 radical (unpaired) electrons. The van der Waals surface area contributed by atoms with Gasteiger partial charge in [-0.05, 0) is 48.1 Å². The summed E-state index contributed by atoms with van der Waals surface area (Å²) in [5, 5.41) is 2.88. The Hall–Kier alpha value is -2.62. The molecule has 2 aromatic carbocycles. The Bertz CT molecular complexity index is 746. The summed E-state index contributed by atoms with van der Waals surface area (Å²) in [6, 6.07) is 15.0. The normalized spacial score (nSPS) is 14.3. The Morgan fingerprint density at radius 3 is 2.40 bits per heavy atom. The van der Waals surface area contributed by atoms with Gasteiger partial charge in [-0.15, -0.1) is 0 Å². The van der Waals surface area contributed by atoms with Crippen molar-refractivity contribution in [1.29, 1.82) is 0 Å². The number of amides is 1. The molecule has 0 atom stereocenters. The molecule has 2 aromatic rings. The van der Waals surface area contributed by atoms with Crippen LogP contribution in [0.15, 0.2) is 48.5 Å². The fourth-order valence-electron chi connectivity index (χ4n) is 3.43. The molecule has 1 amide bonds. The van der Waals surface area contributed by atoms with E-state index >= 15 is 0 Å². The number of nitrogens with one attached hydrogen (secondary N) is 1. The van der Waals surface area contributed by atoms with Crippen LogP contribution in [0.3, 0.4) is 0 Å². The monoisotopic (exact) mass is 337 g/mol. The Labute approximate surface area is 148 Å². The van der Waals surface area contributed by atoms with Crippen LogP contribution in [0.5, 0.6) is 0 Å². The molecular weight excluding hydrogens is 314 g/mol. The van der Waals surface area contributed by atoms with Gasteiger partial charge in [0.15, 0.2) is 0 Å². The van der Waals surface area contributed by atoms with Crippen molar-refractivity contribution in [2.75, 3.05) is 7.11 Å². The maximum atomic E-state index is 12.4. The first kappa shape index (κ1) is 17.2. The van der Waals surface area contributed by atoms with Crippen molar-refractivity contribution in [3.8, 4) is 0 Å². The average Bonchev–Trinajstić information content (AvgIpc) is 3.20. The third-order valence-corrected chi connectivity index (χ3v) is 4.86. The van der Waals surface area contributed by atoms with Crippen molar-refractivity contribution in [2.45, 2.75) is 38.1 Å². The second-order valence-electron chi connectivity index (χ2n) is 6.43. The van der Waals surface area contributed by atoms with Gasteiger partial charge in [0.1, 0.15) is 0 Å². The van der Waals surface area contributed by atoms with Gasteiger partial charge in [-0.2, -0.15) is 0 Å². The van der Waals surface area contributed by atoms with Gasteiger partial charge in [-0.1, -0.05) is 43.2 Å². The molecule has 0 aliphatic heterocycles. The molecule has 1 aliphatic carbocycles. The summed E-state index contributed by atoms with van der Waals surface area (Å²) >= 11 is 0. The first-order valence-electron chi connectivity index (χ1n) is 8.73. The zero-order valence-corrected chi connectivity index (χ0v) is 14.5. The standard InChI is InChI=1S/C21H23NO3/c1-25-21(24)19-9-5-4-8-18(19)14-22-20(23)17-12-10-16(11-13-17)15-6-2-3-7-15/h4-5,8-13,15H,2-3,6-7,14H2,1H3,(H,22,23). The molecule has 4 heteroatoms. The van der Waals surface area contributed by atoms with E-state index < -0.39 is 5.97 Å². The number of ether oxygens (including phenoxy) is 1. The van der Waals surface area contributed by atoms with Gasteiger partial charge in [0.05, 0.1) is 12.7 Å². The summed E-state index contributed by atoms with van der Waals surface area (Å²) in [5.74, 6) is 0.104. The molecule has 0 saturated heterocycles. The summed E-state index contributed by atoms with van der Waals surface area (Å²) < 4.78 is 4.78. The largest absolute Gasteiger partial charge is 0.465 e. The topological polar surface area (TPSA) is 55.4 Å². The first-order valence-corrected chi connectivity index (χ1v) is 8.73. The zero-order valence-electron chi connectivity index (χ0n) is 14.5. The maximum Gasteiger partial charge on any atom is 0.338 e. The summed E-state index contributed by atoms with van der Waals surface area (Å²) in [7, 11) is 1.35. The number of hydrogen-bond acceptors (Lipinski definition) is 3. The van der Waals surface area contributed by atoms with Gasteiger partial charge in [0, 0.05) is 12.1 Å².